The van der Waals surface area contributed by atoms with E-state index in [9.17, 15) is 24.3 Å². The predicted octanol–water partition coefficient (Wildman–Crippen LogP) is 7.18. The van der Waals surface area contributed by atoms with Crippen LogP contribution in [-0.2, 0) is 19.1 Å². The van der Waals surface area contributed by atoms with Crippen molar-refractivity contribution in [1.82, 2.24) is 16.0 Å². The minimum atomic E-state index is -1.16. The summed E-state index contributed by atoms with van der Waals surface area (Å²) in [4.78, 5) is 52.4. The Labute approximate surface area is 300 Å². The van der Waals surface area contributed by atoms with E-state index in [-0.39, 0.29) is 63.9 Å². The molecule has 1 aliphatic heterocycles. The molecule has 0 radical (unpaired) electrons. The summed E-state index contributed by atoms with van der Waals surface area (Å²) in [6.45, 7) is 21.4. The van der Waals surface area contributed by atoms with Crippen LogP contribution in [0.3, 0.4) is 0 Å². The third-order valence-corrected chi connectivity index (χ3v) is 15.8. The number of hydrogen-bond acceptors (Lipinski definition) is 6. The molecule has 2 amide bonds. The van der Waals surface area contributed by atoms with Gasteiger partial charge in [-0.15, -0.1) is 0 Å². The number of carboxylic acids is 1. The second kappa shape index (κ2) is 12.6. The molecular formula is C41H65N3O6. The highest BCUT2D eigenvalue weighted by Gasteiger charge is 2.69. The van der Waals surface area contributed by atoms with Crippen LogP contribution in [0.4, 0.5) is 4.79 Å². The molecule has 5 aliphatic carbocycles. The number of urea groups is 1. The number of nitrogens with one attached hydrogen (secondary N) is 3. The number of ketones is 1. The summed E-state index contributed by atoms with van der Waals surface area (Å²) in [7, 11) is 0. The number of carboxylic acid groups (broad SMARTS) is 1. The predicted molar refractivity (Wildman–Crippen MR) is 193 cm³/mol. The normalized spacial score (nSPS) is 39.9. The molecule has 4 saturated carbocycles. The van der Waals surface area contributed by atoms with Crippen LogP contribution < -0.4 is 16.0 Å². The van der Waals surface area contributed by atoms with Crippen LogP contribution in [0.1, 0.15) is 139 Å². The molecule has 6 rings (SSSR count). The Bertz CT molecular complexity index is 1440. The summed E-state index contributed by atoms with van der Waals surface area (Å²) >= 11 is 0. The number of aliphatic carboxylic acids is 1. The molecule has 0 aromatic rings. The fourth-order valence-electron chi connectivity index (χ4n) is 12.9. The van der Waals surface area contributed by atoms with Gasteiger partial charge in [0.05, 0.1) is 17.4 Å². The minimum Gasteiger partial charge on any atom is -0.481 e. The first-order chi connectivity index (χ1) is 23.2. The molecule has 9 heteroatoms. The molecule has 0 aromatic carbocycles. The molecule has 5 fully saturated rings. The van der Waals surface area contributed by atoms with Gasteiger partial charge in [0.1, 0.15) is 11.9 Å². The number of piperidine rings is 1. The Hall–Kier alpha value is -2.42. The van der Waals surface area contributed by atoms with E-state index < -0.39 is 22.9 Å². The van der Waals surface area contributed by atoms with Gasteiger partial charge in [-0.25, -0.2) is 4.79 Å². The minimum absolute atomic E-state index is 0.0284. The first-order valence-corrected chi connectivity index (χ1v) is 19.7. The van der Waals surface area contributed by atoms with Crippen molar-refractivity contribution in [2.45, 2.75) is 157 Å². The van der Waals surface area contributed by atoms with Crippen LogP contribution in [0.25, 0.3) is 0 Å². The number of fused-ring (bicyclic) bond motifs is 6. The van der Waals surface area contributed by atoms with Crippen molar-refractivity contribution in [1.29, 1.82) is 0 Å². The van der Waals surface area contributed by atoms with Gasteiger partial charge in [0.2, 0.25) is 0 Å². The molecule has 6 aliphatic rings. The van der Waals surface area contributed by atoms with Gasteiger partial charge in [0.15, 0.2) is 0 Å². The van der Waals surface area contributed by atoms with Crippen LogP contribution in [0.2, 0.25) is 0 Å². The van der Waals surface area contributed by atoms with Gasteiger partial charge in [-0.3, -0.25) is 14.4 Å². The summed E-state index contributed by atoms with van der Waals surface area (Å²) in [6.07, 6.45) is 9.46. The monoisotopic (exact) mass is 695 g/mol. The lowest BCUT2D eigenvalue weighted by atomic mass is 9.34. The van der Waals surface area contributed by atoms with Crippen molar-refractivity contribution < 1.29 is 29.0 Å². The third kappa shape index (κ3) is 5.74. The van der Waals surface area contributed by atoms with E-state index in [0.29, 0.717) is 18.3 Å². The molecule has 8 atom stereocenters. The SMILES string of the molecule is CC(C)C1C(=O)C[C@]2(NC(=O)NC3CCNCC3)CC[C@]3(C)C(=C12)CCC1[C@@]2(C)CC[C@H](OC(=O)CC(C)(C)C(=O)O)C(C)(C)C2CC[C@]13C. The molecule has 1 saturated heterocycles. The van der Waals surface area contributed by atoms with Crippen molar-refractivity contribution >= 4 is 23.8 Å². The Morgan fingerprint density at radius 2 is 1.62 bits per heavy atom. The molecular weight excluding hydrogens is 630 g/mol. The van der Waals surface area contributed by atoms with Gasteiger partial charge in [-0.1, -0.05) is 54.0 Å². The quantitative estimate of drug-likeness (QED) is 0.164. The average molecular weight is 696 g/mol. The molecule has 0 spiro atoms. The standard InChI is InChI=1S/C41H65N3O6/c1-24(2)32-27(45)22-41(44-35(49)43-25-14-20-42-21-15-25)19-18-39(8)26(33(32)41)10-11-29-38(7)16-13-30(50-31(46)23-36(3,4)34(47)48)37(5,6)28(38)12-17-40(29,39)9/h24-25,28-30,32,42H,10-23H2,1-9H3,(H,47,48)(H2,43,44,49)/t28?,29?,30-,32?,38-,39+,40+,41+/m0/s1. The van der Waals surface area contributed by atoms with E-state index in [1.165, 1.54) is 11.1 Å². The van der Waals surface area contributed by atoms with Crippen molar-refractivity contribution in [2.24, 2.45) is 50.7 Å². The zero-order valence-corrected chi connectivity index (χ0v) is 32.4. The second-order valence-corrected chi connectivity index (χ2v) is 19.6. The summed E-state index contributed by atoms with van der Waals surface area (Å²) in [5, 5.41) is 19.7. The average Bonchev–Trinajstić information content (AvgIpc) is 3.30. The maximum absolute atomic E-state index is 13.9. The van der Waals surface area contributed by atoms with Gasteiger partial charge in [-0.2, -0.15) is 0 Å². The summed E-state index contributed by atoms with van der Waals surface area (Å²) in [6, 6.07) is 0.0234. The Balaban J connectivity index is 1.29. The van der Waals surface area contributed by atoms with Gasteiger partial charge in [0, 0.05) is 23.8 Å². The number of amides is 2. The Kier molecular flexibility index (Phi) is 9.42. The highest BCUT2D eigenvalue weighted by molar-refractivity contribution is 5.92. The molecule has 1 heterocycles. The van der Waals surface area contributed by atoms with Gasteiger partial charge in [0.25, 0.3) is 0 Å². The highest BCUT2D eigenvalue weighted by Crippen LogP contribution is 2.75. The maximum Gasteiger partial charge on any atom is 0.315 e. The fourth-order valence-corrected chi connectivity index (χ4v) is 12.9. The van der Waals surface area contributed by atoms with Crippen LogP contribution in [-0.4, -0.2) is 59.6 Å². The molecule has 280 valence electrons. The molecule has 9 nitrogen and oxygen atoms in total. The van der Waals surface area contributed by atoms with Crippen molar-refractivity contribution in [3.63, 3.8) is 0 Å². The van der Waals surface area contributed by atoms with Crippen LogP contribution in [0, 0.1) is 50.7 Å². The fraction of sp³-hybridized carbons (Fsp3) is 0.854. The number of carbonyl (C=O) groups excluding carboxylic acids is 3. The summed E-state index contributed by atoms with van der Waals surface area (Å²) in [5.41, 5.74) is 0.696. The third-order valence-electron chi connectivity index (χ3n) is 15.8. The van der Waals surface area contributed by atoms with Gasteiger partial charge < -0.3 is 25.8 Å². The Morgan fingerprint density at radius 3 is 2.26 bits per heavy atom. The van der Waals surface area contributed by atoms with E-state index in [2.05, 4.69) is 64.4 Å². The molecule has 50 heavy (non-hydrogen) atoms. The first kappa shape index (κ1) is 37.3. The number of ether oxygens (including phenoxy) is 1. The zero-order chi connectivity index (χ0) is 36.7. The van der Waals surface area contributed by atoms with E-state index >= 15 is 0 Å². The van der Waals surface area contributed by atoms with Crippen molar-refractivity contribution in [2.75, 3.05) is 13.1 Å². The number of carbonyl (C=O) groups is 4. The van der Waals surface area contributed by atoms with Crippen molar-refractivity contribution in [3.8, 4) is 0 Å². The number of Topliss-reactive ketones (excluding diaryl/α,β-unsaturated/α-hetero) is 1. The summed E-state index contributed by atoms with van der Waals surface area (Å²) in [5.74, 6) is -0.288. The number of allylic oxidation sites excluding steroid dienone is 1. The topological polar surface area (TPSA) is 134 Å². The molecule has 3 unspecified atom stereocenters. The number of esters is 1. The van der Waals surface area contributed by atoms with Crippen LogP contribution >= 0.6 is 0 Å². The lowest BCUT2D eigenvalue weighted by molar-refractivity contribution is -0.214. The Morgan fingerprint density at radius 1 is 0.940 bits per heavy atom. The molecule has 4 N–H and O–H groups in total. The van der Waals surface area contributed by atoms with Gasteiger partial charge in [-0.05, 0) is 131 Å². The van der Waals surface area contributed by atoms with Crippen molar-refractivity contribution in [3.05, 3.63) is 11.1 Å². The lowest BCUT2D eigenvalue weighted by Crippen LogP contribution is -2.65. The summed E-state index contributed by atoms with van der Waals surface area (Å²) < 4.78 is 6.15. The second-order valence-electron chi connectivity index (χ2n) is 19.6. The van der Waals surface area contributed by atoms with E-state index in [0.717, 1.165) is 77.3 Å². The van der Waals surface area contributed by atoms with E-state index in [1.54, 1.807) is 13.8 Å². The number of hydrogen-bond donors (Lipinski definition) is 4. The maximum atomic E-state index is 13.9. The first-order valence-electron chi connectivity index (χ1n) is 19.7. The van der Waals surface area contributed by atoms with E-state index in [4.69, 9.17) is 4.74 Å². The highest BCUT2D eigenvalue weighted by atomic mass is 16.5. The lowest BCUT2D eigenvalue weighted by Gasteiger charge is -2.70. The molecule has 0 aromatic heterocycles. The van der Waals surface area contributed by atoms with Crippen LogP contribution in [0.15, 0.2) is 11.1 Å². The number of rotatable bonds is 7. The smallest absolute Gasteiger partial charge is 0.315 e. The van der Waals surface area contributed by atoms with Gasteiger partial charge >= 0.3 is 18.0 Å². The van der Waals surface area contributed by atoms with Crippen LogP contribution in [0.5, 0.6) is 0 Å². The van der Waals surface area contributed by atoms with E-state index in [1.807, 2.05) is 0 Å². The molecule has 0 bridgehead atoms. The largest absolute Gasteiger partial charge is 0.481 e. The zero-order valence-electron chi connectivity index (χ0n) is 32.4.